The van der Waals surface area contributed by atoms with E-state index in [1.807, 2.05) is 12.1 Å². The van der Waals surface area contributed by atoms with Crippen LogP contribution >= 0.6 is 0 Å². The maximum atomic E-state index is 5.38. The van der Waals surface area contributed by atoms with Crippen LogP contribution in [0.1, 0.15) is 24.8 Å². The van der Waals surface area contributed by atoms with Crippen molar-refractivity contribution in [2.24, 2.45) is 5.41 Å². The molecule has 3 heteroatoms. The number of benzene rings is 1. The number of nitrogens with one attached hydrogen (secondary N) is 2. The molecule has 2 rings (SSSR count). The van der Waals surface area contributed by atoms with E-state index in [-0.39, 0.29) is 0 Å². The van der Waals surface area contributed by atoms with Crippen molar-refractivity contribution in [3.05, 3.63) is 29.8 Å². The van der Waals surface area contributed by atoms with Crippen molar-refractivity contribution < 1.29 is 4.74 Å². The highest BCUT2D eigenvalue weighted by Gasteiger charge is 2.35. The van der Waals surface area contributed by atoms with E-state index >= 15 is 0 Å². The Hall–Kier alpha value is -1.06. The molecule has 0 aliphatic heterocycles. The average Bonchev–Trinajstić information content (AvgIpc) is 2.41. The lowest BCUT2D eigenvalue weighted by Gasteiger charge is -2.42. The minimum Gasteiger partial charge on any atom is -0.496 e. The minimum absolute atomic E-state index is 0.509. The monoisotopic (exact) mass is 262 g/mol. The molecule has 1 aromatic rings. The van der Waals surface area contributed by atoms with Gasteiger partial charge < -0.3 is 15.4 Å². The van der Waals surface area contributed by atoms with Gasteiger partial charge in [0.1, 0.15) is 5.75 Å². The molecule has 0 heterocycles. The van der Waals surface area contributed by atoms with Crippen LogP contribution in [0.4, 0.5) is 0 Å². The second-order valence-electron chi connectivity index (χ2n) is 5.62. The smallest absolute Gasteiger partial charge is 0.122 e. The predicted molar refractivity (Wildman–Crippen MR) is 79.8 cm³/mol. The van der Waals surface area contributed by atoms with Crippen molar-refractivity contribution in [2.75, 3.05) is 33.8 Å². The molecule has 0 radical (unpaired) electrons. The van der Waals surface area contributed by atoms with Gasteiger partial charge in [0.2, 0.25) is 0 Å². The van der Waals surface area contributed by atoms with E-state index in [4.69, 9.17) is 4.74 Å². The summed E-state index contributed by atoms with van der Waals surface area (Å²) >= 11 is 0. The van der Waals surface area contributed by atoms with Crippen LogP contribution in [0.5, 0.6) is 5.75 Å². The molecule has 0 aromatic heterocycles. The Balaban J connectivity index is 1.74. The molecule has 1 aliphatic rings. The molecule has 1 saturated carbocycles. The van der Waals surface area contributed by atoms with Crippen LogP contribution < -0.4 is 15.4 Å². The van der Waals surface area contributed by atoms with Crippen LogP contribution in [0, 0.1) is 5.41 Å². The molecular formula is C16H26N2O. The summed E-state index contributed by atoms with van der Waals surface area (Å²) < 4.78 is 5.38. The fourth-order valence-corrected chi connectivity index (χ4v) is 2.95. The summed E-state index contributed by atoms with van der Waals surface area (Å²) in [5.74, 6) is 0.998. The van der Waals surface area contributed by atoms with Crippen LogP contribution in [0.25, 0.3) is 0 Å². The Morgan fingerprint density at radius 3 is 2.63 bits per heavy atom. The quantitative estimate of drug-likeness (QED) is 0.705. The number of ether oxygens (including phenoxy) is 1. The first-order chi connectivity index (χ1) is 9.29. The van der Waals surface area contributed by atoms with Gasteiger partial charge in [-0.15, -0.1) is 0 Å². The largest absolute Gasteiger partial charge is 0.496 e. The molecule has 0 saturated heterocycles. The third-order valence-corrected chi connectivity index (χ3v) is 4.23. The number of hydrogen-bond acceptors (Lipinski definition) is 3. The highest BCUT2D eigenvalue weighted by molar-refractivity contribution is 5.33. The summed E-state index contributed by atoms with van der Waals surface area (Å²) in [6, 6.07) is 8.27. The third-order valence-electron chi connectivity index (χ3n) is 4.23. The Morgan fingerprint density at radius 2 is 2.00 bits per heavy atom. The molecule has 1 fully saturated rings. The van der Waals surface area contributed by atoms with Gasteiger partial charge in [-0.1, -0.05) is 24.6 Å². The standard InChI is InChI=1S/C16H26N2O/c1-17-12-16(9-5-10-16)13-18-11-8-14-6-3-4-7-15(14)19-2/h3-4,6-7,17-18H,5,8-13H2,1-2H3. The Kier molecular flexibility index (Phi) is 5.23. The first kappa shape index (κ1) is 14.4. The van der Waals surface area contributed by atoms with Gasteiger partial charge in [-0.2, -0.15) is 0 Å². The second kappa shape index (κ2) is 6.92. The highest BCUT2D eigenvalue weighted by atomic mass is 16.5. The van der Waals surface area contributed by atoms with E-state index in [1.165, 1.54) is 24.8 Å². The lowest BCUT2D eigenvalue weighted by Crippen LogP contribution is -2.46. The van der Waals surface area contributed by atoms with Crippen molar-refractivity contribution in [1.82, 2.24) is 10.6 Å². The molecular weight excluding hydrogens is 236 g/mol. The Morgan fingerprint density at radius 1 is 1.21 bits per heavy atom. The first-order valence-corrected chi connectivity index (χ1v) is 7.27. The first-order valence-electron chi connectivity index (χ1n) is 7.27. The molecule has 0 spiro atoms. The van der Waals surface area contributed by atoms with Crippen LogP contribution in [-0.4, -0.2) is 33.8 Å². The number of para-hydroxylation sites is 1. The van der Waals surface area contributed by atoms with E-state index < -0.39 is 0 Å². The summed E-state index contributed by atoms with van der Waals surface area (Å²) in [6.07, 6.45) is 5.13. The van der Waals surface area contributed by atoms with Crippen LogP contribution in [0.3, 0.4) is 0 Å². The Labute approximate surface area is 116 Å². The molecule has 0 amide bonds. The molecule has 19 heavy (non-hydrogen) atoms. The second-order valence-corrected chi connectivity index (χ2v) is 5.62. The van der Waals surface area contributed by atoms with Gasteiger partial charge in [0.15, 0.2) is 0 Å². The van der Waals surface area contributed by atoms with Crippen molar-refractivity contribution in [1.29, 1.82) is 0 Å². The zero-order valence-corrected chi connectivity index (χ0v) is 12.2. The summed E-state index contributed by atoms with van der Waals surface area (Å²) in [6.45, 7) is 3.28. The normalized spacial score (nSPS) is 16.9. The maximum absolute atomic E-state index is 5.38. The van der Waals surface area contributed by atoms with Crippen LogP contribution in [0.15, 0.2) is 24.3 Å². The fourth-order valence-electron chi connectivity index (χ4n) is 2.95. The summed E-state index contributed by atoms with van der Waals surface area (Å²) in [7, 11) is 3.79. The lowest BCUT2D eigenvalue weighted by molar-refractivity contribution is 0.131. The molecule has 0 atom stereocenters. The zero-order chi connectivity index (χ0) is 13.6. The molecule has 1 aliphatic carbocycles. The third kappa shape index (κ3) is 3.71. The number of methoxy groups -OCH3 is 1. The van der Waals surface area contributed by atoms with Crippen LogP contribution in [-0.2, 0) is 6.42 Å². The molecule has 3 nitrogen and oxygen atoms in total. The zero-order valence-electron chi connectivity index (χ0n) is 12.2. The summed E-state index contributed by atoms with van der Waals surface area (Å²) in [5, 5.41) is 6.94. The van der Waals surface area contributed by atoms with Gasteiger partial charge in [0, 0.05) is 13.1 Å². The van der Waals surface area contributed by atoms with E-state index in [0.29, 0.717) is 5.41 Å². The predicted octanol–water partition coefficient (Wildman–Crippen LogP) is 2.22. The van der Waals surface area contributed by atoms with Crippen molar-refractivity contribution in [3.8, 4) is 5.75 Å². The van der Waals surface area contributed by atoms with Gasteiger partial charge in [0.25, 0.3) is 0 Å². The summed E-state index contributed by atoms with van der Waals surface area (Å²) in [5.41, 5.74) is 1.80. The molecule has 0 bridgehead atoms. The highest BCUT2D eigenvalue weighted by Crippen LogP contribution is 2.39. The van der Waals surface area contributed by atoms with E-state index in [1.54, 1.807) is 7.11 Å². The molecule has 106 valence electrons. The minimum atomic E-state index is 0.509. The molecule has 2 N–H and O–H groups in total. The van der Waals surface area contributed by atoms with Gasteiger partial charge in [-0.25, -0.2) is 0 Å². The fraction of sp³-hybridized carbons (Fsp3) is 0.625. The van der Waals surface area contributed by atoms with Crippen molar-refractivity contribution in [2.45, 2.75) is 25.7 Å². The molecule has 0 unspecified atom stereocenters. The van der Waals surface area contributed by atoms with Gasteiger partial charge in [-0.3, -0.25) is 0 Å². The van der Waals surface area contributed by atoms with Gasteiger partial charge >= 0.3 is 0 Å². The summed E-state index contributed by atoms with van der Waals surface area (Å²) in [4.78, 5) is 0. The number of rotatable bonds is 8. The average molecular weight is 262 g/mol. The lowest BCUT2D eigenvalue weighted by atomic mass is 9.68. The van der Waals surface area contributed by atoms with Gasteiger partial charge in [-0.05, 0) is 49.9 Å². The topological polar surface area (TPSA) is 33.3 Å². The van der Waals surface area contributed by atoms with E-state index in [0.717, 1.165) is 31.8 Å². The van der Waals surface area contributed by atoms with E-state index in [9.17, 15) is 0 Å². The van der Waals surface area contributed by atoms with E-state index in [2.05, 4.69) is 29.8 Å². The van der Waals surface area contributed by atoms with Gasteiger partial charge in [0.05, 0.1) is 7.11 Å². The molecule has 1 aromatic carbocycles. The Bertz CT molecular complexity index is 388. The maximum Gasteiger partial charge on any atom is 0.122 e. The number of hydrogen-bond donors (Lipinski definition) is 2. The van der Waals surface area contributed by atoms with Crippen molar-refractivity contribution in [3.63, 3.8) is 0 Å². The SMILES string of the molecule is CNCC1(CNCCc2ccccc2OC)CCC1. The van der Waals surface area contributed by atoms with Crippen LogP contribution in [0.2, 0.25) is 0 Å². The van der Waals surface area contributed by atoms with Crippen molar-refractivity contribution >= 4 is 0 Å².